The van der Waals surface area contributed by atoms with Crippen molar-refractivity contribution in [2.45, 2.75) is 31.6 Å². The first kappa shape index (κ1) is 22.7. The molecule has 0 aromatic heterocycles. The number of alkyl carbamates (subject to hydrolysis) is 1. The Bertz CT molecular complexity index is 965. The van der Waals surface area contributed by atoms with Crippen LogP contribution in [0.5, 0.6) is 11.5 Å². The molecule has 170 valence electrons. The van der Waals surface area contributed by atoms with Crippen molar-refractivity contribution < 1.29 is 34.1 Å². The van der Waals surface area contributed by atoms with Crippen LogP contribution in [0.4, 0.5) is 4.79 Å². The van der Waals surface area contributed by atoms with Crippen molar-refractivity contribution in [3.63, 3.8) is 0 Å². The molecule has 4 N–H and O–H groups in total. The molecule has 0 spiro atoms. The number of hydrogen-bond acceptors (Lipinski definition) is 8. The van der Waals surface area contributed by atoms with Gasteiger partial charge in [0, 0.05) is 6.42 Å². The van der Waals surface area contributed by atoms with Gasteiger partial charge >= 0.3 is 6.09 Å². The van der Waals surface area contributed by atoms with E-state index in [0.29, 0.717) is 17.9 Å². The van der Waals surface area contributed by atoms with Gasteiger partial charge in [0.25, 0.3) is 0 Å². The maximum absolute atomic E-state index is 12.8. The zero-order chi connectivity index (χ0) is 22.9. The molecule has 0 saturated carbocycles. The normalized spacial score (nSPS) is 15.8. The second-order valence-corrected chi connectivity index (χ2v) is 7.15. The highest BCUT2D eigenvalue weighted by molar-refractivity contribution is 5.86. The van der Waals surface area contributed by atoms with Crippen LogP contribution in [-0.2, 0) is 32.1 Å². The minimum absolute atomic E-state index is 0.0497. The first-order valence-electron chi connectivity index (χ1n) is 9.97. The van der Waals surface area contributed by atoms with Crippen LogP contribution in [-0.4, -0.2) is 53.9 Å². The second-order valence-electron chi connectivity index (χ2n) is 7.15. The number of phenolic OH excluding ortho intramolecular Hbond substituents is 2. The molecule has 2 aromatic carbocycles. The number of methoxy groups -OCH3 is 1. The lowest BCUT2D eigenvalue weighted by Gasteiger charge is -2.19. The summed E-state index contributed by atoms with van der Waals surface area (Å²) in [7, 11) is 1.48. The lowest BCUT2D eigenvalue weighted by molar-refractivity contribution is -0.123. The van der Waals surface area contributed by atoms with Gasteiger partial charge in [-0.1, -0.05) is 41.6 Å². The topological polar surface area (TPSA) is 139 Å². The number of phenols is 2. The minimum Gasteiger partial charge on any atom is -0.504 e. The van der Waals surface area contributed by atoms with Crippen LogP contribution in [0.3, 0.4) is 0 Å². The maximum Gasteiger partial charge on any atom is 0.408 e. The smallest absolute Gasteiger partial charge is 0.408 e. The van der Waals surface area contributed by atoms with Crippen LogP contribution >= 0.6 is 0 Å². The summed E-state index contributed by atoms with van der Waals surface area (Å²) < 4.78 is 10.2. The molecule has 0 bridgehead atoms. The van der Waals surface area contributed by atoms with Crippen molar-refractivity contribution in [3.8, 4) is 11.5 Å². The number of oxime groups is 1. The van der Waals surface area contributed by atoms with E-state index in [1.54, 1.807) is 6.07 Å². The number of nitrogens with zero attached hydrogens (tertiary/aromatic N) is 1. The van der Waals surface area contributed by atoms with Gasteiger partial charge in [0.05, 0.1) is 20.1 Å². The van der Waals surface area contributed by atoms with E-state index in [1.807, 2.05) is 30.3 Å². The number of hydrogen-bond donors (Lipinski definition) is 4. The van der Waals surface area contributed by atoms with Crippen molar-refractivity contribution in [1.82, 2.24) is 10.6 Å². The third kappa shape index (κ3) is 6.53. The van der Waals surface area contributed by atoms with E-state index in [-0.39, 0.29) is 37.2 Å². The van der Waals surface area contributed by atoms with Gasteiger partial charge in [0.15, 0.2) is 17.6 Å². The Morgan fingerprint density at radius 3 is 2.62 bits per heavy atom. The van der Waals surface area contributed by atoms with Crippen molar-refractivity contribution in [2.75, 3.05) is 13.7 Å². The molecular weight excluding hydrogens is 418 g/mol. The molecule has 0 radical (unpaired) electrons. The van der Waals surface area contributed by atoms with E-state index in [0.717, 1.165) is 5.56 Å². The Kier molecular flexibility index (Phi) is 7.74. The van der Waals surface area contributed by atoms with Crippen LogP contribution in [0.15, 0.2) is 53.7 Å². The van der Waals surface area contributed by atoms with Crippen molar-refractivity contribution in [2.24, 2.45) is 5.16 Å². The molecule has 32 heavy (non-hydrogen) atoms. The van der Waals surface area contributed by atoms with E-state index in [9.17, 15) is 19.8 Å². The van der Waals surface area contributed by atoms with Crippen molar-refractivity contribution in [1.29, 1.82) is 0 Å². The lowest BCUT2D eigenvalue weighted by atomic mass is 10.0. The number of benzene rings is 2. The van der Waals surface area contributed by atoms with Gasteiger partial charge in [-0.2, -0.15) is 0 Å². The number of ether oxygens (including phenoxy) is 2. The highest BCUT2D eigenvalue weighted by Gasteiger charge is 2.26. The Balaban J connectivity index is 1.60. The number of nitrogens with one attached hydrogen (secondary N) is 2. The van der Waals surface area contributed by atoms with Gasteiger partial charge in [-0.15, -0.1) is 0 Å². The summed E-state index contributed by atoms with van der Waals surface area (Å²) in [5.41, 5.74) is 1.34. The quantitative estimate of drug-likeness (QED) is 0.456. The summed E-state index contributed by atoms with van der Waals surface area (Å²) in [6, 6.07) is 12.3. The van der Waals surface area contributed by atoms with Crippen LogP contribution < -0.4 is 10.6 Å². The van der Waals surface area contributed by atoms with Gasteiger partial charge in [-0.05, 0) is 23.3 Å². The number of amides is 2. The van der Waals surface area contributed by atoms with E-state index in [1.165, 1.54) is 19.2 Å². The van der Waals surface area contributed by atoms with Crippen LogP contribution in [0.2, 0.25) is 0 Å². The third-order valence-corrected chi connectivity index (χ3v) is 4.75. The number of rotatable bonds is 8. The first-order chi connectivity index (χ1) is 15.4. The number of aromatic hydroxyl groups is 2. The second kappa shape index (κ2) is 10.9. The molecule has 0 fully saturated rings. The largest absolute Gasteiger partial charge is 0.504 e. The number of carbonyl (C=O) groups excluding carboxylic acids is 2. The molecule has 1 unspecified atom stereocenters. The molecule has 0 saturated heterocycles. The summed E-state index contributed by atoms with van der Waals surface area (Å²) >= 11 is 0. The van der Waals surface area contributed by atoms with Crippen molar-refractivity contribution >= 4 is 17.9 Å². The highest BCUT2D eigenvalue weighted by Crippen LogP contribution is 2.25. The highest BCUT2D eigenvalue weighted by atomic mass is 16.7. The van der Waals surface area contributed by atoms with E-state index < -0.39 is 18.0 Å². The Morgan fingerprint density at radius 2 is 1.94 bits per heavy atom. The van der Waals surface area contributed by atoms with Crippen LogP contribution in [0, 0.1) is 0 Å². The van der Waals surface area contributed by atoms with Crippen molar-refractivity contribution in [3.05, 3.63) is 59.7 Å². The Hall–Kier alpha value is -3.95. The fourth-order valence-electron chi connectivity index (χ4n) is 3.02. The summed E-state index contributed by atoms with van der Waals surface area (Å²) in [5, 5.41) is 28.3. The van der Waals surface area contributed by atoms with E-state index in [2.05, 4.69) is 15.8 Å². The van der Waals surface area contributed by atoms with E-state index in [4.69, 9.17) is 14.3 Å². The molecule has 2 amide bonds. The van der Waals surface area contributed by atoms with Crippen LogP contribution in [0.25, 0.3) is 0 Å². The zero-order valence-corrected chi connectivity index (χ0v) is 17.5. The minimum atomic E-state index is -0.994. The molecular formula is C22H25N3O7. The van der Waals surface area contributed by atoms with Gasteiger partial charge in [0.1, 0.15) is 12.6 Å². The molecule has 0 aliphatic carbocycles. The Morgan fingerprint density at radius 1 is 1.16 bits per heavy atom. The maximum atomic E-state index is 12.8. The molecule has 1 aliphatic heterocycles. The monoisotopic (exact) mass is 443 g/mol. The molecule has 2 atom stereocenters. The molecule has 10 nitrogen and oxygen atoms in total. The SMILES string of the molecule is COC1=NOC(CNC(=O)[C@H](Cc2ccc(O)c(O)c2)NC(=O)OCc2ccccc2)C1. The predicted octanol–water partition coefficient (Wildman–Crippen LogP) is 1.80. The molecule has 1 aliphatic rings. The summed E-state index contributed by atoms with van der Waals surface area (Å²) in [6.07, 6.45) is -0.665. The zero-order valence-electron chi connectivity index (χ0n) is 17.5. The molecule has 1 heterocycles. The van der Waals surface area contributed by atoms with Gasteiger partial charge in [-0.3, -0.25) is 4.79 Å². The average Bonchev–Trinajstić information content (AvgIpc) is 3.27. The summed E-state index contributed by atoms with van der Waals surface area (Å²) in [6.45, 7) is 0.210. The first-order valence-corrected chi connectivity index (χ1v) is 9.97. The number of carbonyl (C=O) groups is 2. The molecule has 10 heteroatoms. The average molecular weight is 443 g/mol. The van der Waals surface area contributed by atoms with Crippen LogP contribution in [0.1, 0.15) is 17.5 Å². The Labute approximate surface area is 184 Å². The third-order valence-electron chi connectivity index (χ3n) is 4.75. The van der Waals surface area contributed by atoms with E-state index >= 15 is 0 Å². The summed E-state index contributed by atoms with van der Waals surface area (Å²) in [5.74, 6) is -0.638. The summed E-state index contributed by atoms with van der Waals surface area (Å²) in [4.78, 5) is 30.3. The fraction of sp³-hybridized carbons (Fsp3) is 0.318. The van der Waals surface area contributed by atoms with Gasteiger partial charge < -0.3 is 35.2 Å². The molecule has 3 rings (SSSR count). The molecule has 2 aromatic rings. The lowest BCUT2D eigenvalue weighted by Crippen LogP contribution is -2.49. The van der Waals surface area contributed by atoms with Gasteiger partial charge in [0.2, 0.25) is 11.8 Å². The predicted molar refractivity (Wildman–Crippen MR) is 114 cm³/mol. The standard InChI is InChI=1S/C22H25N3O7/c1-30-20-11-16(32-25-20)12-23-21(28)17(9-15-7-8-18(26)19(27)10-15)24-22(29)31-13-14-5-3-2-4-6-14/h2-8,10,16-17,26-27H,9,11-13H2,1H3,(H,23,28)(H,24,29)/t16?,17-/m0/s1. The fourth-order valence-corrected chi connectivity index (χ4v) is 3.02. The van der Waals surface area contributed by atoms with Gasteiger partial charge in [-0.25, -0.2) is 4.79 Å².